The number of nitriles is 1. The van der Waals surface area contributed by atoms with Gasteiger partial charge in [0, 0.05) is 17.8 Å². The third-order valence-corrected chi connectivity index (χ3v) is 6.51. The van der Waals surface area contributed by atoms with Crippen molar-refractivity contribution in [3.05, 3.63) is 45.8 Å². The monoisotopic (exact) mass is 471 g/mol. The molecule has 2 aromatic rings. The standard InChI is InChI=1S/C23H25N3O6S/c1-14(15-6-4-5-7-18(15)30-2)10-20(27)25-22-17(11-24)16-8-9-26(12-19(16)33-22)23(29)32-13-21(28)31-3/h4-7,14H,8-10,12-13H2,1-3H3,(H,25,27)/t14-/m0/s1. The lowest BCUT2D eigenvalue weighted by Crippen LogP contribution is -2.36. The third kappa shape index (κ3) is 5.62. The van der Waals surface area contributed by atoms with E-state index in [9.17, 15) is 19.6 Å². The first kappa shape index (κ1) is 24.1. The Bertz CT molecular complexity index is 1090. The van der Waals surface area contributed by atoms with Gasteiger partial charge in [0.15, 0.2) is 6.61 Å². The Morgan fingerprint density at radius 3 is 2.73 bits per heavy atom. The number of carbonyl (C=O) groups excluding carboxylic acids is 3. The second-order valence-electron chi connectivity index (χ2n) is 7.52. The topological polar surface area (TPSA) is 118 Å². The lowest BCUT2D eigenvalue weighted by molar-refractivity contribution is -0.144. The molecule has 0 radical (unpaired) electrons. The van der Waals surface area contributed by atoms with Gasteiger partial charge in [0.1, 0.15) is 16.8 Å². The summed E-state index contributed by atoms with van der Waals surface area (Å²) in [7, 11) is 2.81. The van der Waals surface area contributed by atoms with Crippen LogP contribution in [0.4, 0.5) is 9.80 Å². The van der Waals surface area contributed by atoms with Crippen LogP contribution in [0.3, 0.4) is 0 Å². The number of esters is 1. The second-order valence-corrected chi connectivity index (χ2v) is 8.62. The molecule has 0 saturated heterocycles. The van der Waals surface area contributed by atoms with Crippen LogP contribution in [0.1, 0.15) is 40.8 Å². The summed E-state index contributed by atoms with van der Waals surface area (Å²) in [6.45, 7) is 2.07. The lowest BCUT2D eigenvalue weighted by atomic mass is 9.96. The third-order valence-electron chi connectivity index (χ3n) is 5.38. The first-order valence-corrected chi connectivity index (χ1v) is 11.2. The first-order chi connectivity index (χ1) is 15.9. The molecule has 9 nitrogen and oxygen atoms in total. The van der Waals surface area contributed by atoms with Gasteiger partial charge in [-0.05, 0) is 29.5 Å². The minimum absolute atomic E-state index is 0.0821. The molecular weight excluding hydrogens is 446 g/mol. The first-order valence-electron chi connectivity index (χ1n) is 10.3. The Morgan fingerprint density at radius 2 is 2.03 bits per heavy atom. The molecule has 2 amide bonds. The number of fused-ring (bicyclic) bond motifs is 1. The average Bonchev–Trinajstić information content (AvgIpc) is 3.17. The molecule has 33 heavy (non-hydrogen) atoms. The van der Waals surface area contributed by atoms with Crippen molar-refractivity contribution >= 4 is 34.3 Å². The van der Waals surface area contributed by atoms with E-state index in [0.29, 0.717) is 23.5 Å². The van der Waals surface area contributed by atoms with Crippen molar-refractivity contribution in [1.82, 2.24) is 4.90 Å². The molecule has 1 atom stereocenters. The van der Waals surface area contributed by atoms with E-state index in [4.69, 9.17) is 9.47 Å². The highest BCUT2D eigenvalue weighted by atomic mass is 32.1. The van der Waals surface area contributed by atoms with Gasteiger partial charge in [0.25, 0.3) is 0 Å². The molecule has 174 valence electrons. The van der Waals surface area contributed by atoms with E-state index in [1.54, 1.807) is 7.11 Å². The normalized spacial score (nSPS) is 13.3. The molecule has 1 N–H and O–H groups in total. The summed E-state index contributed by atoms with van der Waals surface area (Å²) in [6.07, 6.45) is 0.0455. The van der Waals surface area contributed by atoms with Gasteiger partial charge < -0.3 is 24.4 Å². The molecule has 10 heteroatoms. The number of methoxy groups -OCH3 is 2. The summed E-state index contributed by atoms with van der Waals surface area (Å²) in [5.41, 5.74) is 2.19. The maximum atomic E-state index is 12.7. The highest BCUT2D eigenvalue weighted by Gasteiger charge is 2.29. The van der Waals surface area contributed by atoms with E-state index in [2.05, 4.69) is 16.1 Å². The van der Waals surface area contributed by atoms with Crippen molar-refractivity contribution in [2.24, 2.45) is 0 Å². The van der Waals surface area contributed by atoms with Crippen LogP contribution in [-0.4, -0.2) is 50.2 Å². The van der Waals surface area contributed by atoms with Crippen LogP contribution in [0.2, 0.25) is 0 Å². The number of hydrogen-bond donors (Lipinski definition) is 1. The van der Waals surface area contributed by atoms with Gasteiger partial charge in [0.2, 0.25) is 5.91 Å². The molecule has 0 saturated carbocycles. The summed E-state index contributed by atoms with van der Waals surface area (Å²) in [4.78, 5) is 38.4. The minimum atomic E-state index is -0.642. The number of nitrogens with one attached hydrogen (secondary N) is 1. The zero-order valence-electron chi connectivity index (χ0n) is 18.7. The van der Waals surface area contributed by atoms with E-state index in [1.165, 1.54) is 23.3 Å². The number of para-hydroxylation sites is 1. The number of carbonyl (C=O) groups is 3. The molecule has 0 unspecified atom stereocenters. The molecule has 0 spiro atoms. The molecule has 2 heterocycles. The summed E-state index contributed by atoms with van der Waals surface area (Å²) >= 11 is 1.28. The fourth-order valence-electron chi connectivity index (χ4n) is 3.68. The summed E-state index contributed by atoms with van der Waals surface area (Å²) in [5.74, 6) is -0.211. The highest BCUT2D eigenvalue weighted by Crippen LogP contribution is 2.37. The van der Waals surface area contributed by atoms with Gasteiger partial charge >= 0.3 is 12.1 Å². The largest absolute Gasteiger partial charge is 0.496 e. The van der Waals surface area contributed by atoms with Gasteiger partial charge in [-0.3, -0.25) is 4.79 Å². The van der Waals surface area contributed by atoms with Gasteiger partial charge in [-0.2, -0.15) is 5.26 Å². The quantitative estimate of drug-likeness (QED) is 0.615. The summed E-state index contributed by atoms with van der Waals surface area (Å²) < 4.78 is 14.8. The lowest BCUT2D eigenvalue weighted by Gasteiger charge is -2.25. The molecule has 1 aromatic heterocycles. The predicted molar refractivity (Wildman–Crippen MR) is 121 cm³/mol. The molecule has 0 bridgehead atoms. The molecule has 0 fully saturated rings. The zero-order chi connectivity index (χ0) is 24.0. The van der Waals surface area contributed by atoms with Crippen molar-refractivity contribution in [2.75, 3.05) is 32.7 Å². The number of amides is 2. The minimum Gasteiger partial charge on any atom is -0.496 e. The van der Waals surface area contributed by atoms with E-state index < -0.39 is 18.7 Å². The highest BCUT2D eigenvalue weighted by molar-refractivity contribution is 7.16. The molecule has 1 aliphatic heterocycles. The van der Waals surface area contributed by atoms with Crippen molar-refractivity contribution in [3.8, 4) is 11.8 Å². The van der Waals surface area contributed by atoms with Crippen molar-refractivity contribution < 1.29 is 28.6 Å². The number of rotatable bonds is 7. The molecule has 1 aliphatic rings. The van der Waals surface area contributed by atoms with Crippen molar-refractivity contribution in [3.63, 3.8) is 0 Å². The number of ether oxygens (including phenoxy) is 3. The van der Waals surface area contributed by atoms with E-state index in [-0.39, 0.29) is 24.8 Å². The number of benzene rings is 1. The van der Waals surface area contributed by atoms with Gasteiger partial charge in [-0.15, -0.1) is 11.3 Å². The van der Waals surface area contributed by atoms with Crippen LogP contribution in [0.5, 0.6) is 5.75 Å². The smallest absolute Gasteiger partial charge is 0.410 e. The average molecular weight is 472 g/mol. The Labute approximate surface area is 195 Å². The maximum absolute atomic E-state index is 12.7. The Kier molecular flexibility index (Phi) is 7.90. The Hall–Kier alpha value is -3.58. The van der Waals surface area contributed by atoms with Gasteiger partial charge in [0.05, 0.1) is 26.3 Å². The van der Waals surface area contributed by atoms with Crippen LogP contribution in [0, 0.1) is 11.3 Å². The number of nitrogens with zero attached hydrogens (tertiary/aromatic N) is 2. The van der Waals surface area contributed by atoms with Crippen molar-refractivity contribution in [2.45, 2.75) is 32.2 Å². The summed E-state index contributed by atoms with van der Waals surface area (Å²) in [5, 5.41) is 13.0. The summed E-state index contributed by atoms with van der Waals surface area (Å²) in [6, 6.07) is 9.74. The van der Waals surface area contributed by atoms with Gasteiger partial charge in [-0.25, -0.2) is 9.59 Å². The van der Waals surface area contributed by atoms with Crippen LogP contribution < -0.4 is 10.1 Å². The van der Waals surface area contributed by atoms with Gasteiger partial charge in [-0.1, -0.05) is 25.1 Å². The maximum Gasteiger partial charge on any atom is 0.410 e. The number of anilines is 1. The van der Waals surface area contributed by atoms with Crippen LogP contribution in [-0.2, 0) is 32.0 Å². The fraction of sp³-hybridized carbons (Fsp3) is 0.391. The molecular formula is C23H25N3O6S. The van der Waals surface area contributed by atoms with E-state index >= 15 is 0 Å². The van der Waals surface area contributed by atoms with Crippen LogP contribution in [0.25, 0.3) is 0 Å². The number of thiophene rings is 1. The predicted octanol–water partition coefficient (Wildman–Crippen LogP) is 3.43. The number of hydrogen-bond acceptors (Lipinski definition) is 8. The SMILES string of the molecule is COC(=O)COC(=O)N1CCc2c(sc(NC(=O)C[C@H](C)c3ccccc3OC)c2C#N)C1. The Balaban J connectivity index is 1.67. The van der Waals surface area contributed by atoms with E-state index in [1.807, 2.05) is 31.2 Å². The second kappa shape index (κ2) is 10.8. The zero-order valence-corrected chi connectivity index (χ0v) is 19.5. The Morgan fingerprint density at radius 1 is 1.27 bits per heavy atom. The van der Waals surface area contributed by atoms with Crippen molar-refractivity contribution in [1.29, 1.82) is 5.26 Å². The van der Waals surface area contributed by atoms with Crippen LogP contribution >= 0.6 is 11.3 Å². The molecule has 1 aromatic carbocycles. The molecule has 0 aliphatic carbocycles. The van der Waals surface area contributed by atoms with E-state index in [0.717, 1.165) is 21.8 Å². The fourth-order valence-corrected chi connectivity index (χ4v) is 4.91. The van der Waals surface area contributed by atoms with Crippen LogP contribution in [0.15, 0.2) is 24.3 Å². The molecule has 3 rings (SSSR count).